The van der Waals surface area contributed by atoms with Crippen LogP contribution in [0.4, 0.5) is 0 Å². The van der Waals surface area contributed by atoms with E-state index in [1.165, 1.54) is 0 Å². The fraction of sp³-hybridized carbons (Fsp3) is 0.286. The van der Waals surface area contributed by atoms with Crippen molar-refractivity contribution in [1.29, 1.82) is 0 Å². The highest BCUT2D eigenvalue weighted by Crippen LogP contribution is 2.42. The molecular weight excluding hydrogens is 314 g/mol. The molecule has 1 aromatic heterocycles. The molecule has 25 heavy (non-hydrogen) atoms. The molecule has 3 aromatic rings. The Morgan fingerprint density at radius 2 is 1.88 bits per heavy atom. The van der Waals surface area contributed by atoms with Crippen LogP contribution in [0.15, 0.2) is 42.6 Å². The van der Waals surface area contributed by atoms with Crippen molar-refractivity contribution in [3.05, 3.63) is 53.9 Å². The zero-order chi connectivity index (χ0) is 18.0. The van der Waals surface area contributed by atoms with E-state index in [1.54, 1.807) is 7.11 Å². The van der Waals surface area contributed by atoms with Crippen LogP contribution in [0.2, 0.25) is 0 Å². The number of aromatic amines is 1. The van der Waals surface area contributed by atoms with E-state index in [0.29, 0.717) is 12.3 Å². The maximum atomic E-state index is 12.5. The second kappa shape index (κ2) is 7.01. The Hall–Kier alpha value is -2.75. The Bertz CT molecular complexity index is 909. The van der Waals surface area contributed by atoms with Crippen LogP contribution in [0, 0.1) is 0 Å². The summed E-state index contributed by atoms with van der Waals surface area (Å²) in [6.45, 7) is 6.36. The number of methoxy groups -OCH3 is 1. The van der Waals surface area contributed by atoms with Gasteiger partial charge in [0, 0.05) is 17.3 Å². The van der Waals surface area contributed by atoms with E-state index >= 15 is 0 Å². The number of aromatic nitrogens is 1. The predicted molar refractivity (Wildman–Crippen MR) is 100 cm³/mol. The summed E-state index contributed by atoms with van der Waals surface area (Å²) in [5.41, 5.74) is 3.33. The minimum absolute atomic E-state index is 0.248. The van der Waals surface area contributed by atoms with Crippen LogP contribution in [0.3, 0.4) is 0 Å². The second-order valence-electron chi connectivity index (χ2n) is 6.23. The summed E-state index contributed by atoms with van der Waals surface area (Å²) in [6.07, 6.45) is 1.90. The number of hydrogen-bond donors (Lipinski definition) is 1. The fourth-order valence-corrected chi connectivity index (χ4v) is 3.21. The van der Waals surface area contributed by atoms with Gasteiger partial charge in [-0.15, -0.1) is 0 Å². The molecule has 130 valence electrons. The van der Waals surface area contributed by atoms with E-state index in [-0.39, 0.29) is 11.9 Å². The van der Waals surface area contributed by atoms with Gasteiger partial charge in [-0.2, -0.15) is 0 Å². The summed E-state index contributed by atoms with van der Waals surface area (Å²) in [5.74, 6) is 0.642. The average molecular weight is 337 g/mol. The molecule has 4 heteroatoms. The maximum absolute atomic E-state index is 12.5. The van der Waals surface area contributed by atoms with Crippen molar-refractivity contribution in [3.63, 3.8) is 0 Å². The number of H-pyrrole nitrogens is 1. The van der Waals surface area contributed by atoms with E-state index in [9.17, 15) is 4.79 Å². The Morgan fingerprint density at radius 1 is 1.12 bits per heavy atom. The van der Waals surface area contributed by atoms with Gasteiger partial charge in [-0.25, -0.2) is 4.79 Å². The minimum atomic E-state index is -0.348. The van der Waals surface area contributed by atoms with Crippen LogP contribution in [-0.2, 0) is 4.74 Å². The molecule has 0 fully saturated rings. The van der Waals surface area contributed by atoms with E-state index in [1.807, 2.05) is 37.4 Å². The van der Waals surface area contributed by atoms with Crippen molar-refractivity contribution in [2.24, 2.45) is 0 Å². The third kappa shape index (κ3) is 3.00. The summed E-state index contributed by atoms with van der Waals surface area (Å²) < 4.78 is 10.9. The molecule has 1 heterocycles. The lowest BCUT2D eigenvalue weighted by Gasteiger charge is -2.16. The molecule has 0 radical (unpaired) electrons. The van der Waals surface area contributed by atoms with Gasteiger partial charge in [-0.05, 0) is 35.2 Å². The predicted octanol–water partition coefficient (Wildman–Crippen LogP) is 5.14. The van der Waals surface area contributed by atoms with E-state index in [0.717, 1.165) is 33.2 Å². The lowest BCUT2D eigenvalue weighted by molar-refractivity contribution is 0.0521. The molecule has 0 aliphatic heterocycles. The van der Waals surface area contributed by atoms with Gasteiger partial charge < -0.3 is 14.5 Å². The number of carbonyl (C=O) groups excluding carboxylic acids is 1. The maximum Gasteiger partial charge on any atom is 0.355 e. The molecule has 2 aromatic carbocycles. The lowest BCUT2D eigenvalue weighted by Crippen LogP contribution is -2.07. The molecule has 0 saturated carbocycles. The molecule has 0 saturated heterocycles. The van der Waals surface area contributed by atoms with Gasteiger partial charge in [0.25, 0.3) is 0 Å². The number of benzene rings is 2. The molecule has 0 spiro atoms. The highest BCUT2D eigenvalue weighted by atomic mass is 16.5. The zero-order valence-electron chi connectivity index (χ0n) is 15.1. The van der Waals surface area contributed by atoms with Crippen molar-refractivity contribution in [1.82, 2.24) is 4.98 Å². The first kappa shape index (κ1) is 17.1. The molecule has 0 aliphatic rings. The number of fused-ring (bicyclic) bond motifs is 1. The first-order valence-electron chi connectivity index (χ1n) is 8.53. The van der Waals surface area contributed by atoms with Crippen LogP contribution in [0.1, 0.15) is 42.7 Å². The fourth-order valence-electron chi connectivity index (χ4n) is 3.21. The summed E-state index contributed by atoms with van der Waals surface area (Å²) in [6, 6.07) is 12.1. The Kier molecular flexibility index (Phi) is 4.79. The van der Waals surface area contributed by atoms with E-state index in [2.05, 4.69) is 31.0 Å². The number of carbonyl (C=O) groups is 1. The molecule has 0 unspecified atom stereocenters. The van der Waals surface area contributed by atoms with Gasteiger partial charge in [0.15, 0.2) is 0 Å². The number of ether oxygens (including phenoxy) is 2. The van der Waals surface area contributed by atoms with E-state index in [4.69, 9.17) is 9.47 Å². The smallest absolute Gasteiger partial charge is 0.355 e. The Balaban J connectivity index is 2.37. The highest BCUT2D eigenvalue weighted by Gasteiger charge is 2.25. The largest absolute Gasteiger partial charge is 0.496 e. The Morgan fingerprint density at radius 3 is 2.56 bits per heavy atom. The Labute approximate surface area is 147 Å². The van der Waals surface area contributed by atoms with E-state index < -0.39 is 0 Å². The molecule has 0 amide bonds. The van der Waals surface area contributed by atoms with Crippen molar-refractivity contribution in [2.75, 3.05) is 13.7 Å². The molecule has 0 bridgehead atoms. The van der Waals surface area contributed by atoms with Crippen LogP contribution >= 0.6 is 0 Å². The van der Waals surface area contributed by atoms with Crippen molar-refractivity contribution in [2.45, 2.75) is 26.7 Å². The molecular formula is C21H23NO3. The van der Waals surface area contributed by atoms with Crippen LogP contribution < -0.4 is 4.74 Å². The standard InChI is InChI=1S/C21H23NO3/c1-5-25-21(23)20-19(16(12-22-20)13(2)3)18-15-9-7-6-8-14(15)10-11-17(18)24-4/h6-13,22H,5H2,1-4H3. The van der Waals surface area contributed by atoms with Gasteiger partial charge in [-0.1, -0.05) is 44.2 Å². The van der Waals surface area contributed by atoms with Crippen LogP contribution in [-0.4, -0.2) is 24.7 Å². The third-order valence-electron chi connectivity index (χ3n) is 4.37. The van der Waals surface area contributed by atoms with Crippen molar-refractivity contribution in [3.8, 4) is 16.9 Å². The quantitative estimate of drug-likeness (QED) is 0.656. The molecule has 0 atom stereocenters. The first-order valence-corrected chi connectivity index (χ1v) is 8.53. The monoisotopic (exact) mass is 337 g/mol. The number of hydrogen-bond acceptors (Lipinski definition) is 3. The average Bonchev–Trinajstić information content (AvgIpc) is 3.05. The molecule has 1 N–H and O–H groups in total. The van der Waals surface area contributed by atoms with Crippen LogP contribution in [0.25, 0.3) is 21.9 Å². The van der Waals surface area contributed by atoms with Gasteiger partial charge >= 0.3 is 5.97 Å². The van der Waals surface area contributed by atoms with Crippen molar-refractivity contribution < 1.29 is 14.3 Å². The summed E-state index contributed by atoms with van der Waals surface area (Å²) in [7, 11) is 1.65. The van der Waals surface area contributed by atoms with Gasteiger partial charge in [-0.3, -0.25) is 0 Å². The van der Waals surface area contributed by atoms with Gasteiger partial charge in [0.05, 0.1) is 13.7 Å². The second-order valence-corrected chi connectivity index (χ2v) is 6.23. The number of nitrogens with one attached hydrogen (secondary N) is 1. The number of esters is 1. The zero-order valence-corrected chi connectivity index (χ0v) is 15.1. The van der Waals surface area contributed by atoms with Gasteiger partial charge in [0.2, 0.25) is 0 Å². The first-order chi connectivity index (χ1) is 12.1. The normalized spacial score (nSPS) is 11.1. The number of rotatable bonds is 5. The topological polar surface area (TPSA) is 51.3 Å². The summed E-state index contributed by atoms with van der Waals surface area (Å²) in [4.78, 5) is 15.6. The third-order valence-corrected chi connectivity index (χ3v) is 4.37. The lowest BCUT2D eigenvalue weighted by atomic mass is 9.90. The minimum Gasteiger partial charge on any atom is -0.496 e. The summed E-state index contributed by atoms with van der Waals surface area (Å²) >= 11 is 0. The highest BCUT2D eigenvalue weighted by molar-refractivity contribution is 6.06. The molecule has 4 nitrogen and oxygen atoms in total. The van der Waals surface area contributed by atoms with Crippen LogP contribution in [0.5, 0.6) is 5.75 Å². The SMILES string of the molecule is CCOC(=O)c1[nH]cc(C(C)C)c1-c1c(OC)ccc2ccccc12. The summed E-state index contributed by atoms with van der Waals surface area (Å²) in [5, 5.41) is 2.15. The molecule has 0 aliphatic carbocycles. The van der Waals surface area contributed by atoms with Crippen molar-refractivity contribution >= 4 is 16.7 Å². The molecule has 3 rings (SSSR count). The van der Waals surface area contributed by atoms with Gasteiger partial charge in [0.1, 0.15) is 11.4 Å².